The van der Waals surface area contributed by atoms with Crippen molar-refractivity contribution in [1.82, 2.24) is 0 Å². The molecule has 0 amide bonds. The minimum absolute atomic E-state index is 0.0399. The van der Waals surface area contributed by atoms with Crippen LogP contribution in [0.3, 0.4) is 0 Å². The maximum atomic E-state index is 13.2. The molecule has 0 atom stereocenters. The van der Waals surface area contributed by atoms with Crippen LogP contribution in [-0.4, -0.2) is 5.78 Å². The molecule has 0 unspecified atom stereocenters. The molecule has 0 heterocycles. The van der Waals surface area contributed by atoms with Crippen molar-refractivity contribution >= 4 is 37.6 Å². The fraction of sp³-hybridized carbons (Fsp3) is 0.133. The van der Waals surface area contributed by atoms with Crippen LogP contribution < -0.4 is 0 Å². The van der Waals surface area contributed by atoms with E-state index < -0.39 is 0 Å². The van der Waals surface area contributed by atoms with E-state index in [1.807, 2.05) is 19.1 Å². The first-order valence-corrected chi connectivity index (χ1v) is 7.29. The van der Waals surface area contributed by atoms with Gasteiger partial charge in [-0.05, 0) is 48.4 Å². The van der Waals surface area contributed by atoms with Crippen molar-refractivity contribution < 1.29 is 9.18 Å². The Morgan fingerprint density at radius 2 is 1.89 bits per heavy atom. The maximum absolute atomic E-state index is 13.2. The van der Waals surface area contributed by atoms with E-state index in [1.165, 1.54) is 12.1 Å². The number of benzene rings is 2. The van der Waals surface area contributed by atoms with Crippen molar-refractivity contribution in [2.45, 2.75) is 13.3 Å². The average Bonchev–Trinajstić information content (AvgIpc) is 2.36. The van der Waals surface area contributed by atoms with Gasteiger partial charge in [0.2, 0.25) is 0 Å². The Balaban J connectivity index is 2.30. The van der Waals surface area contributed by atoms with Gasteiger partial charge in [0.15, 0.2) is 5.78 Å². The Labute approximate surface area is 128 Å². The molecule has 0 aliphatic rings. The zero-order valence-electron chi connectivity index (χ0n) is 10.2. The second kappa shape index (κ2) is 5.97. The third-order valence-corrected chi connectivity index (χ3v) is 4.08. The Morgan fingerprint density at radius 1 is 1.16 bits per heavy atom. The van der Waals surface area contributed by atoms with Crippen LogP contribution in [0.25, 0.3) is 0 Å². The second-order valence-electron chi connectivity index (χ2n) is 4.29. The van der Waals surface area contributed by atoms with E-state index in [-0.39, 0.29) is 18.0 Å². The summed E-state index contributed by atoms with van der Waals surface area (Å²) in [6.07, 6.45) is 0.193. The van der Waals surface area contributed by atoms with Gasteiger partial charge in [-0.15, -0.1) is 0 Å². The standard InChI is InChI=1S/C15H11Br2FO/c1-9-2-4-12(18)6-10(9)7-15(19)13-8-11(16)3-5-14(13)17/h2-6,8H,7H2,1H3. The zero-order chi connectivity index (χ0) is 14.0. The summed E-state index contributed by atoms with van der Waals surface area (Å²) in [6.45, 7) is 1.87. The summed E-state index contributed by atoms with van der Waals surface area (Å²) in [7, 11) is 0. The summed E-state index contributed by atoms with van der Waals surface area (Å²) in [6, 6.07) is 9.94. The highest BCUT2D eigenvalue weighted by Gasteiger charge is 2.13. The molecule has 0 fully saturated rings. The second-order valence-corrected chi connectivity index (χ2v) is 6.06. The van der Waals surface area contributed by atoms with Gasteiger partial charge >= 0.3 is 0 Å². The summed E-state index contributed by atoms with van der Waals surface area (Å²) in [4.78, 5) is 12.3. The summed E-state index contributed by atoms with van der Waals surface area (Å²) in [5.74, 6) is -0.358. The van der Waals surface area contributed by atoms with Gasteiger partial charge in [-0.25, -0.2) is 4.39 Å². The number of hydrogen-bond donors (Lipinski definition) is 0. The molecule has 4 heteroatoms. The lowest BCUT2D eigenvalue weighted by Gasteiger charge is -2.07. The molecule has 0 aliphatic heterocycles. The predicted molar refractivity (Wildman–Crippen MR) is 81.0 cm³/mol. The molecule has 0 aromatic heterocycles. The van der Waals surface area contributed by atoms with E-state index in [0.717, 1.165) is 20.1 Å². The highest BCUT2D eigenvalue weighted by atomic mass is 79.9. The Kier molecular flexibility index (Phi) is 4.53. The molecule has 0 saturated carbocycles. The molecule has 1 nitrogen and oxygen atoms in total. The van der Waals surface area contributed by atoms with Crippen molar-refractivity contribution in [3.8, 4) is 0 Å². The molecular weight excluding hydrogens is 375 g/mol. The molecule has 2 aromatic carbocycles. The van der Waals surface area contributed by atoms with Crippen molar-refractivity contribution in [3.63, 3.8) is 0 Å². The smallest absolute Gasteiger partial charge is 0.168 e. The van der Waals surface area contributed by atoms with Crippen molar-refractivity contribution in [3.05, 3.63) is 67.9 Å². The molecule has 0 aliphatic carbocycles. The van der Waals surface area contributed by atoms with Crippen LogP contribution in [0.5, 0.6) is 0 Å². The third-order valence-electron chi connectivity index (χ3n) is 2.89. The Morgan fingerprint density at radius 3 is 2.63 bits per heavy atom. The molecule has 0 N–H and O–H groups in total. The molecule has 0 radical (unpaired) electrons. The lowest BCUT2D eigenvalue weighted by Crippen LogP contribution is -2.06. The molecular formula is C15H11Br2FO. The predicted octanol–water partition coefficient (Wildman–Crippen LogP) is 5.08. The summed E-state index contributed by atoms with van der Waals surface area (Å²) in [5.41, 5.74) is 2.23. The first-order valence-electron chi connectivity index (χ1n) is 5.70. The topological polar surface area (TPSA) is 17.1 Å². The molecule has 19 heavy (non-hydrogen) atoms. The van der Waals surface area contributed by atoms with Gasteiger partial charge in [0, 0.05) is 20.9 Å². The van der Waals surface area contributed by atoms with E-state index in [2.05, 4.69) is 31.9 Å². The van der Waals surface area contributed by atoms with Gasteiger partial charge in [0.05, 0.1) is 0 Å². The van der Waals surface area contributed by atoms with Gasteiger partial charge in [-0.1, -0.05) is 37.9 Å². The number of aryl methyl sites for hydroxylation is 1. The largest absolute Gasteiger partial charge is 0.294 e. The van der Waals surface area contributed by atoms with E-state index in [9.17, 15) is 9.18 Å². The summed E-state index contributed by atoms with van der Waals surface area (Å²) in [5, 5.41) is 0. The fourth-order valence-corrected chi connectivity index (χ4v) is 2.64. The number of rotatable bonds is 3. The highest BCUT2D eigenvalue weighted by Crippen LogP contribution is 2.23. The highest BCUT2D eigenvalue weighted by molar-refractivity contribution is 9.11. The molecule has 0 saturated heterocycles. The normalized spacial score (nSPS) is 10.5. The minimum atomic E-state index is -0.318. The zero-order valence-corrected chi connectivity index (χ0v) is 13.4. The lowest BCUT2D eigenvalue weighted by molar-refractivity contribution is 0.0992. The van der Waals surface area contributed by atoms with Crippen LogP contribution >= 0.6 is 31.9 Å². The van der Waals surface area contributed by atoms with Crippen LogP contribution in [0, 0.1) is 12.7 Å². The van der Waals surface area contributed by atoms with Crippen molar-refractivity contribution in [1.29, 1.82) is 0 Å². The van der Waals surface area contributed by atoms with E-state index in [4.69, 9.17) is 0 Å². The van der Waals surface area contributed by atoms with Gasteiger partial charge in [-0.2, -0.15) is 0 Å². The first-order chi connectivity index (χ1) is 8.97. The van der Waals surface area contributed by atoms with Crippen molar-refractivity contribution in [2.75, 3.05) is 0 Å². The minimum Gasteiger partial charge on any atom is -0.294 e. The maximum Gasteiger partial charge on any atom is 0.168 e. The third kappa shape index (κ3) is 3.51. The molecule has 98 valence electrons. The number of ketones is 1. The number of hydrogen-bond acceptors (Lipinski definition) is 1. The molecule has 2 aromatic rings. The van der Waals surface area contributed by atoms with Crippen LogP contribution in [0.4, 0.5) is 4.39 Å². The molecule has 0 bridgehead atoms. The Hall–Kier alpha value is -1.000. The van der Waals surface area contributed by atoms with E-state index >= 15 is 0 Å². The quantitative estimate of drug-likeness (QED) is 0.673. The van der Waals surface area contributed by atoms with E-state index in [0.29, 0.717) is 5.56 Å². The average molecular weight is 386 g/mol. The number of Topliss-reactive ketones (excluding diaryl/α,β-unsaturated/α-hetero) is 1. The number of carbonyl (C=O) groups is 1. The lowest BCUT2D eigenvalue weighted by atomic mass is 9.99. The van der Waals surface area contributed by atoms with E-state index in [1.54, 1.807) is 12.1 Å². The fourth-order valence-electron chi connectivity index (χ4n) is 1.81. The van der Waals surface area contributed by atoms with Crippen LogP contribution in [-0.2, 0) is 6.42 Å². The van der Waals surface area contributed by atoms with Crippen LogP contribution in [0.2, 0.25) is 0 Å². The first kappa shape index (κ1) is 14.4. The molecule has 0 spiro atoms. The molecule has 2 rings (SSSR count). The van der Waals surface area contributed by atoms with Crippen LogP contribution in [0.1, 0.15) is 21.5 Å². The number of halogens is 3. The van der Waals surface area contributed by atoms with Gasteiger partial charge < -0.3 is 0 Å². The summed E-state index contributed by atoms with van der Waals surface area (Å²) >= 11 is 6.70. The van der Waals surface area contributed by atoms with Gasteiger partial charge in [0.25, 0.3) is 0 Å². The van der Waals surface area contributed by atoms with Gasteiger partial charge in [0.1, 0.15) is 5.82 Å². The van der Waals surface area contributed by atoms with Crippen molar-refractivity contribution in [2.24, 2.45) is 0 Å². The van der Waals surface area contributed by atoms with Crippen LogP contribution in [0.15, 0.2) is 45.3 Å². The number of carbonyl (C=O) groups excluding carboxylic acids is 1. The monoisotopic (exact) mass is 384 g/mol. The summed E-state index contributed by atoms with van der Waals surface area (Å²) < 4.78 is 14.8. The Bertz CT molecular complexity index is 638. The SMILES string of the molecule is Cc1ccc(F)cc1CC(=O)c1cc(Br)ccc1Br. The van der Waals surface area contributed by atoms with Gasteiger partial charge in [-0.3, -0.25) is 4.79 Å².